The van der Waals surface area contributed by atoms with Gasteiger partial charge in [0.1, 0.15) is 0 Å². The van der Waals surface area contributed by atoms with Crippen LogP contribution in [0.2, 0.25) is 0 Å². The Bertz CT molecular complexity index is 833. The predicted octanol–water partition coefficient (Wildman–Crippen LogP) is 5.95. The molecule has 0 aliphatic rings. The highest BCUT2D eigenvalue weighted by molar-refractivity contribution is 7.47. The summed E-state index contributed by atoms with van der Waals surface area (Å²) < 4.78 is 32.3. The number of benzene rings is 2. The summed E-state index contributed by atoms with van der Waals surface area (Å²) in [5.74, 6) is -0.669. The van der Waals surface area contributed by atoms with Gasteiger partial charge in [-0.25, -0.2) is 14.2 Å². The third-order valence-electron chi connectivity index (χ3n) is 5.07. The summed E-state index contributed by atoms with van der Waals surface area (Å²) in [7, 11) is -4.05. The largest absolute Gasteiger partial charge is 0.472 e. The third-order valence-corrected chi connectivity index (χ3v) is 6.09. The second kappa shape index (κ2) is 17.0. The molecule has 0 saturated heterocycles. The summed E-state index contributed by atoms with van der Waals surface area (Å²) in [5, 5.41) is 0. The molecule has 0 bridgehead atoms. The number of esters is 2. The lowest BCUT2D eigenvalue weighted by Crippen LogP contribution is -2.06. The van der Waals surface area contributed by atoms with Crippen LogP contribution in [0.15, 0.2) is 60.7 Å². The highest BCUT2D eigenvalue weighted by atomic mass is 31.2. The van der Waals surface area contributed by atoms with E-state index in [-0.39, 0.29) is 25.2 Å². The molecule has 0 fully saturated rings. The maximum Gasteiger partial charge on any atom is 0.472 e. The van der Waals surface area contributed by atoms with E-state index in [2.05, 4.69) is 0 Å². The number of unbranched alkanes of at least 4 members (excludes halogenated alkanes) is 6. The summed E-state index contributed by atoms with van der Waals surface area (Å²) >= 11 is 0. The molecule has 0 atom stereocenters. The minimum absolute atomic E-state index is 0.129. The van der Waals surface area contributed by atoms with Crippen LogP contribution >= 0.6 is 7.82 Å². The Hall–Kier alpha value is -2.51. The van der Waals surface area contributed by atoms with Crippen molar-refractivity contribution >= 4 is 19.8 Å². The molecule has 0 spiro atoms. The lowest BCUT2D eigenvalue weighted by Gasteiger charge is -2.12. The van der Waals surface area contributed by atoms with Crippen molar-refractivity contribution in [3.8, 4) is 0 Å². The number of ether oxygens (including phenoxy) is 2. The van der Waals surface area contributed by atoms with Gasteiger partial charge in [0.05, 0.1) is 37.6 Å². The van der Waals surface area contributed by atoms with Crippen molar-refractivity contribution in [1.82, 2.24) is 0 Å². The van der Waals surface area contributed by atoms with Crippen molar-refractivity contribution in [1.29, 1.82) is 0 Å². The van der Waals surface area contributed by atoms with Gasteiger partial charge in [-0.3, -0.25) is 9.05 Å². The van der Waals surface area contributed by atoms with Gasteiger partial charge in [-0.2, -0.15) is 0 Å². The highest BCUT2D eigenvalue weighted by Gasteiger charge is 2.20. The van der Waals surface area contributed by atoms with E-state index in [0.29, 0.717) is 37.2 Å². The molecule has 9 heteroatoms. The SMILES string of the molecule is O=C(OCCCCCCOP(=O)(O)OCCCCCCOC(=O)c1ccccc1)c1ccccc1. The van der Waals surface area contributed by atoms with Crippen molar-refractivity contribution in [2.45, 2.75) is 51.4 Å². The molecule has 0 heterocycles. The molecule has 0 aliphatic heterocycles. The van der Waals surface area contributed by atoms with Gasteiger partial charge >= 0.3 is 19.8 Å². The highest BCUT2D eigenvalue weighted by Crippen LogP contribution is 2.43. The Kier molecular flexibility index (Phi) is 14.0. The van der Waals surface area contributed by atoms with Gasteiger partial charge in [0.25, 0.3) is 0 Å². The number of hydrogen-bond acceptors (Lipinski definition) is 7. The van der Waals surface area contributed by atoms with Crippen molar-refractivity contribution < 1.29 is 37.6 Å². The normalized spacial score (nSPS) is 11.2. The van der Waals surface area contributed by atoms with Crippen LogP contribution < -0.4 is 0 Å². The maximum absolute atomic E-state index is 11.9. The van der Waals surface area contributed by atoms with Crippen LogP contribution in [0.3, 0.4) is 0 Å². The van der Waals surface area contributed by atoms with E-state index in [9.17, 15) is 19.0 Å². The van der Waals surface area contributed by atoms with Gasteiger partial charge in [-0.05, 0) is 62.8 Å². The van der Waals surface area contributed by atoms with E-state index < -0.39 is 7.82 Å². The molecule has 8 nitrogen and oxygen atoms in total. The fourth-order valence-electron chi connectivity index (χ4n) is 3.16. The summed E-state index contributed by atoms with van der Waals surface area (Å²) in [6.45, 7) is 0.937. The fourth-order valence-corrected chi connectivity index (χ4v) is 3.95. The van der Waals surface area contributed by atoms with Gasteiger partial charge < -0.3 is 14.4 Å². The Morgan fingerprint density at radius 2 is 0.914 bits per heavy atom. The van der Waals surface area contributed by atoms with Gasteiger partial charge in [0.2, 0.25) is 0 Å². The molecule has 0 amide bonds. The molecule has 0 aliphatic carbocycles. The Labute approximate surface area is 207 Å². The van der Waals surface area contributed by atoms with Crippen LogP contribution in [0.5, 0.6) is 0 Å². The van der Waals surface area contributed by atoms with Crippen LogP contribution in [0.1, 0.15) is 72.1 Å². The minimum Gasteiger partial charge on any atom is -0.462 e. The first-order chi connectivity index (χ1) is 17.0. The van der Waals surface area contributed by atoms with Crippen LogP contribution in [0, 0.1) is 0 Å². The number of carbonyl (C=O) groups is 2. The molecule has 2 rings (SSSR count). The molecular formula is C26H35O8P. The Morgan fingerprint density at radius 3 is 1.29 bits per heavy atom. The quantitative estimate of drug-likeness (QED) is 0.150. The number of rotatable bonds is 18. The van der Waals surface area contributed by atoms with Gasteiger partial charge in [0.15, 0.2) is 0 Å². The number of phosphoric acid groups is 1. The number of hydrogen-bond donors (Lipinski definition) is 1. The second-order valence-corrected chi connectivity index (χ2v) is 9.42. The molecule has 2 aromatic rings. The summed E-state index contributed by atoms with van der Waals surface area (Å²) in [6.07, 6.45) is 5.89. The van der Waals surface area contributed by atoms with Gasteiger partial charge in [-0.1, -0.05) is 49.2 Å². The Balaban J connectivity index is 1.38. The van der Waals surface area contributed by atoms with Gasteiger partial charge in [-0.15, -0.1) is 0 Å². The minimum atomic E-state index is -4.05. The standard InChI is InChI=1S/C26H35O8P/c27-25(23-15-7-5-8-16-23)31-19-11-1-3-13-21-33-35(29,30)34-22-14-4-2-12-20-32-26(28)24-17-9-6-10-18-24/h5-10,15-18H,1-4,11-14,19-22H2,(H,29,30). The van der Waals surface area contributed by atoms with E-state index in [1.165, 1.54) is 0 Å². The van der Waals surface area contributed by atoms with E-state index in [1.54, 1.807) is 48.5 Å². The van der Waals surface area contributed by atoms with E-state index in [0.717, 1.165) is 38.5 Å². The number of carbonyl (C=O) groups excluding carboxylic acids is 2. The topological polar surface area (TPSA) is 108 Å². The smallest absolute Gasteiger partial charge is 0.462 e. The molecule has 35 heavy (non-hydrogen) atoms. The maximum atomic E-state index is 11.9. The van der Waals surface area contributed by atoms with Crippen molar-refractivity contribution in [3.63, 3.8) is 0 Å². The summed E-state index contributed by atoms with van der Waals surface area (Å²) in [5.41, 5.74) is 1.06. The molecular weight excluding hydrogens is 471 g/mol. The lowest BCUT2D eigenvalue weighted by atomic mass is 10.2. The third kappa shape index (κ3) is 13.2. The first-order valence-electron chi connectivity index (χ1n) is 12.0. The second-order valence-electron chi connectivity index (χ2n) is 7.97. The monoisotopic (exact) mass is 506 g/mol. The zero-order valence-corrected chi connectivity index (χ0v) is 20.9. The van der Waals surface area contributed by atoms with E-state index >= 15 is 0 Å². The van der Waals surface area contributed by atoms with E-state index in [4.69, 9.17) is 18.5 Å². The van der Waals surface area contributed by atoms with Crippen LogP contribution in [-0.2, 0) is 23.1 Å². The first-order valence-corrected chi connectivity index (χ1v) is 13.5. The summed E-state index contributed by atoms with van der Waals surface area (Å²) in [6, 6.07) is 17.7. The first kappa shape index (κ1) is 28.7. The predicted molar refractivity (Wildman–Crippen MR) is 132 cm³/mol. The molecule has 0 aromatic heterocycles. The van der Waals surface area contributed by atoms with E-state index in [1.807, 2.05) is 12.1 Å². The molecule has 2 aromatic carbocycles. The van der Waals surface area contributed by atoms with Crippen molar-refractivity contribution in [2.75, 3.05) is 26.4 Å². The molecule has 192 valence electrons. The summed E-state index contributed by atoms with van der Waals surface area (Å²) in [4.78, 5) is 33.3. The molecule has 0 radical (unpaired) electrons. The van der Waals surface area contributed by atoms with Crippen LogP contribution in [-0.4, -0.2) is 43.3 Å². The van der Waals surface area contributed by atoms with Gasteiger partial charge in [0, 0.05) is 0 Å². The number of phosphoric ester groups is 1. The van der Waals surface area contributed by atoms with Crippen molar-refractivity contribution in [3.05, 3.63) is 71.8 Å². The zero-order chi connectivity index (χ0) is 25.2. The molecule has 0 unspecified atom stereocenters. The van der Waals surface area contributed by atoms with Crippen molar-refractivity contribution in [2.24, 2.45) is 0 Å². The van der Waals surface area contributed by atoms with Crippen LogP contribution in [0.25, 0.3) is 0 Å². The fraction of sp³-hybridized carbons (Fsp3) is 0.462. The lowest BCUT2D eigenvalue weighted by molar-refractivity contribution is 0.0488. The molecule has 1 N–H and O–H groups in total. The van der Waals surface area contributed by atoms with Crippen LogP contribution in [0.4, 0.5) is 0 Å². The molecule has 0 saturated carbocycles. The zero-order valence-electron chi connectivity index (χ0n) is 20.0. The average molecular weight is 507 g/mol. The Morgan fingerprint density at radius 1 is 0.571 bits per heavy atom. The average Bonchev–Trinajstić information content (AvgIpc) is 2.87.